The van der Waals surface area contributed by atoms with Crippen LogP contribution in [0.15, 0.2) is 10.6 Å². The van der Waals surface area contributed by atoms with Crippen molar-refractivity contribution < 1.29 is 24.0 Å². The second-order valence-corrected chi connectivity index (χ2v) is 7.59. The second kappa shape index (κ2) is 7.47. The van der Waals surface area contributed by atoms with E-state index in [1.807, 2.05) is 0 Å². The highest BCUT2D eigenvalue weighted by atomic mass is 32.2. The van der Waals surface area contributed by atoms with E-state index >= 15 is 0 Å². The van der Waals surface area contributed by atoms with Crippen molar-refractivity contribution >= 4 is 35.4 Å². The van der Waals surface area contributed by atoms with Gasteiger partial charge in [0.25, 0.3) is 0 Å². The standard InChI is InChI=1S/C16H21N3O5S/c1-9-4-13(18-24-9)17-14(20)7-25-8-15(21)19-5-11(10-2-3-10)12(6-19)16(22)23/h4,10-12H,2-3,5-8H2,1H3,(H,22,23)(H,17,18,20)/t11-,12+/m1/s1. The summed E-state index contributed by atoms with van der Waals surface area (Å²) in [6, 6.07) is 1.61. The van der Waals surface area contributed by atoms with Gasteiger partial charge < -0.3 is 19.8 Å². The lowest BCUT2D eigenvalue weighted by molar-refractivity contribution is -0.142. The first-order valence-corrected chi connectivity index (χ1v) is 9.41. The second-order valence-electron chi connectivity index (χ2n) is 6.61. The van der Waals surface area contributed by atoms with Gasteiger partial charge in [0.2, 0.25) is 11.8 Å². The summed E-state index contributed by atoms with van der Waals surface area (Å²) in [4.78, 5) is 37.1. The number of aliphatic carboxylic acids is 1. The van der Waals surface area contributed by atoms with Crippen molar-refractivity contribution in [2.45, 2.75) is 19.8 Å². The molecule has 3 rings (SSSR count). The number of anilines is 1. The van der Waals surface area contributed by atoms with Crippen molar-refractivity contribution in [2.75, 3.05) is 29.9 Å². The van der Waals surface area contributed by atoms with Gasteiger partial charge in [0.05, 0.1) is 17.4 Å². The first-order chi connectivity index (χ1) is 11.9. The number of amides is 2. The Morgan fingerprint density at radius 2 is 2.12 bits per heavy atom. The number of likely N-dealkylation sites (tertiary alicyclic amines) is 1. The summed E-state index contributed by atoms with van der Waals surface area (Å²) >= 11 is 1.21. The average Bonchev–Trinajstić information content (AvgIpc) is 3.16. The number of rotatable bonds is 7. The van der Waals surface area contributed by atoms with E-state index in [9.17, 15) is 19.5 Å². The van der Waals surface area contributed by atoms with Gasteiger partial charge in [0, 0.05) is 19.2 Å². The van der Waals surface area contributed by atoms with E-state index in [4.69, 9.17) is 4.52 Å². The molecule has 1 aliphatic heterocycles. The van der Waals surface area contributed by atoms with Crippen LogP contribution < -0.4 is 5.32 Å². The molecule has 0 spiro atoms. The Kier molecular flexibility index (Phi) is 5.31. The molecular formula is C16H21N3O5S. The highest BCUT2D eigenvalue weighted by molar-refractivity contribution is 8.00. The first-order valence-electron chi connectivity index (χ1n) is 8.25. The lowest BCUT2D eigenvalue weighted by Crippen LogP contribution is -2.31. The topological polar surface area (TPSA) is 113 Å². The first kappa shape index (κ1) is 17.8. The summed E-state index contributed by atoms with van der Waals surface area (Å²) in [6.07, 6.45) is 2.12. The third-order valence-electron chi connectivity index (χ3n) is 4.62. The molecule has 0 unspecified atom stereocenters. The van der Waals surface area contributed by atoms with Crippen LogP contribution >= 0.6 is 11.8 Å². The molecule has 2 atom stereocenters. The summed E-state index contributed by atoms with van der Waals surface area (Å²) in [7, 11) is 0. The van der Waals surface area contributed by atoms with E-state index in [1.165, 1.54) is 11.8 Å². The number of carbonyl (C=O) groups is 3. The SMILES string of the molecule is Cc1cc(NC(=O)CSCC(=O)N2C[C@H](C(=O)O)[C@@H](C3CC3)C2)no1. The van der Waals surface area contributed by atoms with Crippen LogP contribution in [-0.4, -0.2) is 57.5 Å². The molecular weight excluding hydrogens is 346 g/mol. The lowest BCUT2D eigenvalue weighted by Gasteiger charge is -2.15. The fourth-order valence-electron chi connectivity index (χ4n) is 3.22. The minimum absolute atomic E-state index is 0.0742. The van der Waals surface area contributed by atoms with Crippen molar-refractivity contribution in [1.82, 2.24) is 10.1 Å². The molecule has 1 saturated heterocycles. The summed E-state index contributed by atoms with van der Waals surface area (Å²) in [5.74, 6) is 0.123. The highest BCUT2D eigenvalue weighted by Gasteiger charge is 2.46. The maximum Gasteiger partial charge on any atom is 0.308 e. The molecule has 8 nitrogen and oxygen atoms in total. The Labute approximate surface area is 149 Å². The molecule has 136 valence electrons. The zero-order valence-electron chi connectivity index (χ0n) is 13.9. The van der Waals surface area contributed by atoms with Crippen LogP contribution in [0.3, 0.4) is 0 Å². The molecule has 1 aromatic rings. The van der Waals surface area contributed by atoms with Crippen LogP contribution in [0.25, 0.3) is 0 Å². The summed E-state index contributed by atoms with van der Waals surface area (Å²) < 4.78 is 4.86. The number of nitrogens with one attached hydrogen (secondary N) is 1. The van der Waals surface area contributed by atoms with Crippen LogP contribution in [0.5, 0.6) is 0 Å². The Balaban J connectivity index is 1.41. The van der Waals surface area contributed by atoms with Gasteiger partial charge in [-0.3, -0.25) is 14.4 Å². The molecule has 0 aromatic carbocycles. The number of thioether (sulfide) groups is 1. The van der Waals surface area contributed by atoms with Gasteiger partial charge in [0.15, 0.2) is 5.82 Å². The van der Waals surface area contributed by atoms with Crippen molar-refractivity contribution in [2.24, 2.45) is 17.8 Å². The van der Waals surface area contributed by atoms with Crippen molar-refractivity contribution in [3.63, 3.8) is 0 Å². The smallest absolute Gasteiger partial charge is 0.308 e. The minimum atomic E-state index is -0.817. The molecule has 2 amide bonds. The predicted molar refractivity (Wildman–Crippen MR) is 91.1 cm³/mol. The van der Waals surface area contributed by atoms with E-state index in [2.05, 4.69) is 10.5 Å². The number of carboxylic acid groups (broad SMARTS) is 1. The van der Waals surface area contributed by atoms with Gasteiger partial charge in [0.1, 0.15) is 5.76 Å². The van der Waals surface area contributed by atoms with Gasteiger partial charge in [-0.05, 0) is 31.6 Å². The van der Waals surface area contributed by atoms with Gasteiger partial charge >= 0.3 is 5.97 Å². The Morgan fingerprint density at radius 1 is 1.36 bits per heavy atom. The number of carbonyl (C=O) groups excluding carboxylic acids is 2. The van der Waals surface area contributed by atoms with E-state index in [-0.39, 0.29) is 35.8 Å². The van der Waals surface area contributed by atoms with Gasteiger partial charge in [-0.1, -0.05) is 5.16 Å². The molecule has 2 heterocycles. The molecule has 1 aromatic heterocycles. The fraction of sp³-hybridized carbons (Fsp3) is 0.625. The van der Waals surface area contributed by atoms with Crippen LogP contribution in [0.1, 0.15) is 18.6 Å². The van der Waals surface area contributed by atoms with Crippen LogP contribution in [0.4, 0.5) is 5.82 Å². The van der Waals surface area contributed by atoms with Crippen molar-refractivity contribution in [3.05, 3.63) is 11.8 Å². The molecule has 9 heteroatoms. The number of aryl methyl sites for hydroxylation is 1. The van der Waals surface area contributed by atoms with Crippen LogP contribution in [-0.2, 0) is 14.4 Å². The Morgan fingerprint density at radius 3 is 2.72 bits per heavy atom. The lowest BCUT2D eigenvalue weighted by atomic mass is 9.92. The van der Waals surface area contributed by atoms with Crippen LogP contribution in [0, 0.1) is 24.7 Å². The van der Waals surface area contributed by atoms with Gasteiger partial charge in [-0.15, -0.1) is 11.8 Å². The van der Waals surface area contributed by atoms with E-state index in [1.54, 1.807) is 17.9 Å². The number of hydrogen-bond acceptors (Lipinski definition) is 6. The summed E-state index contributed by atoms with van der Waals surface area (Å²) in [5, 5.41) is 15.6. The molecule has 25 heavy (non-hydrogen) atoms. The molecule has 0 bridgehead atoms. The normalized spacial score (nSPS) is 22.8. The third-order valence-corrected chi connectivity index (χ3v) is 5.53. The molecule has 0 radical (unpaired) electrons. The van der Waals surface area contributed by atoms with Gasteiger partial charge in [-0.2, -0.15) is 0 Å². The molecule has 2 fully saturated rings. The molecule has 2 N–H and O–H groups in total. The Hall–Kier alpha value is -2.03. The number of nitrogens with zero attached hydrogens (tertiary/aromatic N) is 2. The third kappa shape index (κ3) is 4.53. The Bertz CT molecular complexity index is 672. The molecule has 1 aliphatic carbocycles. The number of hydrogen-bond donors (Lipinski definition) is 2. The van der Waals surface area contributed by atoms with Crippen molar-refractivity contribution in [1.29, 1.82) is 0 Å². The average molecular weight is 367 g/mol. The zero-order chi connectivity index (χ0) is 18.0. The summed E-state index contributed by atoms with van der Waals surface area (Å²) in [5.41, 5.74) is 0. The van der Waals surface area contributed by atoms with Crippen molar-refractivity contribution in [3.8, 4) is 0 Å². The molecule has 1 saturated carbocycles. The van der Waals surface area contributed by atoms with E-state index < -0.39 is 11.9 Å². The zero-order valence-corrected chi connectivity index (χ0v) is 14.8. The van der Waals surface area contributed by atoms with Crippen LogP contribution in [0.2, 0.25) is 0 Å². The minimum Gasteiger partial charge on any atom is -0.481 e. The molecule has 2 aliphatic rings. The van der Waals surface area contributed by atoms with E-state index in [0.717, 1.165) is 12.8 Å². The quantitative estimate of drug-likeness (QED) is 0.745. The number of aromatic nitrogens is 1. The largest absolute Gasteiger partial charge is 0.481 e. The highest BCUT2D eigenvalue weighted by Crippen LogP contribution is 2.44. The van der Waals surface area contributed by atoms with E-state index in [0.29, 0.717) is 24.0 Å². The fourth-order valence-corrected chi connectivity index (χ4v) is 3.94. The van der Waals surface area contributed by atoms with Gasteiger partial charge in [-0.25, -0.2) is 0 Å². The predicted octanol–water partition coefficient (Wildman–Crippen LogP) is 1.22. The number of carboxylic acids is 1. The maximum atomic E-state index is 12.3. The maximum absolute atomic E-state index is 12.3. The summed E-state index contributed by atoms with van der Waals surface area (Å²) in [6.45, 7) is 2.52. The monoisotopic (exact) mass is 367 g/mol.